The molecule has 0 N–H and O–H groups in total. The molecule has 2 nitrogen and oxygen atoms in total. The fourth-order valence-corrected chi connectivity index (χ4v) is 5.61. The molecule has 0 amide bonds. The molecule has 1 aromatic rings. The summed E-state index contributed by atoms with van der Waals surface area (Å²) >= 11 is 0. The van der Waals surface area contributed by atoms with Gasteiger partial charge in [0.1, 0.15) is 0 Å². The molecule has 3 heteroatoms. The van der Waals surface area contributed by atoms with Gasteiger partial charge < -0.3 is 8.85 Å². The van der Waals surface area contributed by atoms with Crippen LogP contribution in [0.3, 0.4) is 0 Å². The van der Waals surface area contributed by atoms with Crippen molar-refractivity contribution in [1.29, 1.82) is 0 Å². The van der Waals surface area contributed by atoms with Crippen molar-refractivity contribution in [2.45, 2.75) is 45.4 Å². The highest BCUT2D eigenvalue weighted by atomic mass is 28.4. The number of hydrogen-bond donors (Lipinski definition) is 0. The molecule has 1 saturated heterocycles. The first-order valence-corrected chi connectivity index (χ1v) is 8.04. The minimum Gasteiger partial charge on any atom is -0.536 e. The average molecular weight is 236 g/mol. The highest BCUT2D eigenvalue weighted by molar-refractivity contribution is 6.80. The first-order chi connectivity index (χ1) is 7.27. The molecule has 1 aliphatic rings. The van der Waals surface area contributed by atoms with Gasteiger partial charge in [0.05, 0.1) is 0 Å². The summed E-state index contributed by atoms with van der Waals surface area (Å²) in [5, 5.41) is 1.20. The summed E-state index contributed by atoms with van der Waals surface area (Å²) in [4.78, 5) is 0. The Balaban J connectivity index is 2.38. The van der Waals surface area contributed by atoms with Crippen LogP contribution in [0.2, 0.25) is 6.55 Å². The summed E-state index contributed by atoms with van der Waals surface area (Å²) in [6, 6.07) is 10.3. The third-order valence-electron chi connectivity index (χ3n) is 3.65. The van der Waals surface area contributed by atoms with Crippen LogP contribution >= 0.6 is 0 Å². The maximum atomic E-state index is 6.25. The lowest BCUT2D eigenvalue weighted by molar-refractivity contribution is 0.00578. The van der Waals surface area contributed by atoms with Crippen LogP contribution in [0.4, 0.5) is 0 Å². The Morgan fingerprint density at radius 2 is 1.31 bits per heavy atom. The fourth-order valence-electron chi connectivity index (χ4n) is 2.10. The van der Waals surface area contributed by atoms with E-state index < -0.39 is 8.56 Å². The van der Waals surface area contributed by atoms with E-state index in [1.807, 2.05) is 18.2 Å². The third kappa shape index (κ3) is 1.73. The number of benzene rings is 1. The van der Waals surface area contributed by atoms with E-state index in [0.717, 1.165) is 0 Å². The van der Waals surface area contributed by atoms with Crippen molar-refractivity contribution >= 4 is 13.7 Å². The van der Waals surface area contributed by atoms with Gasteiger partial charge in [0.25, 0.3) is 0 Å². The molecule has 1 heterocycles. The maximum Gasteiger partial charge on any atom is 0.156 e. The molecule has 1 fully saturated rings. The molecule has 0 saturated carbocycles. The molecule has 2 rings (SSSR count). The van der Waals surface area contributed by atoms with E-state index in [1.54, 1.807) is 0 Å². The van der Waals surface area contributed by atoms with Crippen molar-refractivity contribution in [3.05, 3.63) is 30.3 Å². The van der Waals surface area contributed by atoms with E-state index in [-0.39, 0.29) is 11.2 Å². The van der Waals surface area contributed by atoms with E-state index in [9.17, 15) is 0 Å². The van der Waals surface area contributed by atoms with E-state index in [0.29, 0.717) is 0 Å². The van der Waals surface area contributed by atoms with Gasteiger partial charge in [-0.25, -0.2) is 0 Å². The van der Waals surface area contributed by atoms with Crippen molar-refractivity contribution in [3.63, 3.8) is 0 Å². The lowest BCUT2D eigenvalue weighted by Crippen LogP contribution is -2.48. The van der Waals surface area contributed by atoms with Gasteiger partial charge in [-0.2, -0.15) is 0 Å². The van der Waals surface area contributed by atoms with Gasteiger partial charge in [-0.15, -0.1) is 11.7 Å². The Morgan fingerprint density at radius 1 is 0.875 bits per heavy atom. The van der Waals surface area contributed by atoms with Gasteiger partial charge in [0.15, 0.2) is 8.56 Å². The molecule has 0 spiro atoms. The second kappa shape index (κ2) is 3.42. The van der Waals surface area contributed by atoms with E-state index in [1.165, 1.54) is 5.19 Å². The van der Waals surface area contributed by atoms with Gasteiger partial charge in [0.2, 0.25) is 0 Å². The predicted molar refractivity (Wildman–Crippen MR) is 68.0 cm³/mol. The van der Waals surface area contributed by atoms with Crippen molar-refractivity contribution in [1.82, 2.24) is 0 Å². The zero-order valence-electron chi connectivity index (χ0n) is 10.7. The predicted octanol–water partition coefficient (Wildman–Crippen LogP) is 2.57. The van der Waals surface area contributed by atoms with Crippen LogP contribution in [0.5, 0.6) is 0 Å². The number of rotatable bonds is 1. The molecule has 0 aromatic heterocycles. The van der Waals surface area contributed by atoms with Crippen LogP contribution in [0.15, 0.2) is 30.3 Å². The lowest BCUT2D eigenvalue weighted by Gasteiger charge is -2.36. The monoisotopic (exact) mass is 236 g/mol. The smallest absolute Gasteiger partial charge is 0.156 e. The number of hydrogen-bond acceptors (Lipinski definition) is 2. The zero-order chi connectivity index (χ0) is 12.0. The summed E-state index contributed by atoms with van der Waals surface area (Å²) in [6.07, 6.45) is 0. The quantitative estimate of drug-likeness (QED) is 0.698. The zero-order valence-corrected chi connectivity index (χ0v) is 11.7. The second-order valence-corrected chi connectivity index (χ2v) is 8.41. The summed E-state index contributed by atoms with van der Waals surface area (Å²) in [5.74, 6) is 0. The first-order valence-electron chi connectivity index (χ1n) is 5.73. The summed E-state index contributed by atoms with van der Waals surface area (Å²) in [5.41, 5.74) is -0.465. The van der Waals surface area contributed by atoms with Crippen LogP contribution in [0.1, 0.15) is 27.7 Å². The van der Waals surface area contributed by atoms with E-state index in [4.69, 9.17) is 8.85 Å². The van der Waals surface area contributed by atoms with Gasteiger partial charge in [-0.3, -0.25) is 0 Å². The molecule has 1 aliphatic heterocycles. The molecule has 0 bridgehead atoms. The molecular weight excluding hydrogens is 216 g/mol. The Kier molecular flexibility index (Phi) is 2.53. The van der Waals surface area contributed by atoms with Crippen molar-refractivity contribution in [2.75, 3.05) is 0 Å². The van der Waals surface area contributed by atoms with Crippen LogP contribution in [-0.2, 0) is 8.85 Å². The lowest BCUT2D eigenvalue weighted by atomic mass is 9.90. The van der Waals surface area contributed by atoms with Crippen molar-refractivity contribution in [3.8, 4) is 0 Å². The van der Waals surface area contributed by atoms with E-state index in [2.05, 4.69) is 46.4 Å². The SMILES string of the molecule is CC1(C)O[Si-](C)(c2ccccc2)OC1(C)C. The van der Waals surface area contributed by atoms with Gasteiger partial charge >= 0.3 is 0 Å². The molecule has 1 aromatic carbocycles. The van der Waals surface area contributed by atoms with Crippen molar-refractivity contribution in [2.24, 2.45) is 0 Å². The normalized spacial score (nSPS) is 25.6. The minimum atomic E-state index is -2.23. The minimum absolute atomic E-state index is 0.232. The van der Waals surface area contributed by atoms with Gasteiger partial charge in [0, 0.05) is 11.2 Å². The van der Waals surface area contributed by atoms with E-state index >= 15 is 0 Å². The Hall–Kier alpha value is -0.643. The molecule has 89 valence electrons. The third-order valence-corrected chi connectivity index (χ3v) is 6.83. The van der Waals surface area contributed by atoms with Gasteiger partial charge in [-0.1, -0.05) is 30.3 Å². The van der Waals surface area contributed by atoms with Crippen LogP contribution in [0.25, 0.3) is 0 Å². The standard InChI is InChI=1S/C13H20O2Si/c1-12(2)13(3,4)15-16(5,14-12)11-9-7-6-8-10-11/h6-10H,1-5H3/q-1. The van der Waals surface area contributed by atoms with Crippen LogP contribution < -0.4 is 5.19 Å². The topological polar surface area (TPSA) is 18.5 Å². The summed E-state index contributed by atoms with van der Waals surface area (Å²) < 4.78 is 12.5. The second-order valence-electron chi connectivity index (χ2n) is 5.54. The summed E-state index contributed by atoms with van der Waals surface area (Å²) in [7, 11) is -2.23. The maximum absolute atomic E-state index is 6.25. The summed E-state index contributed by atoms with van der Waals surface area (Å²) in [6.45, 7) is 10.5. The molecule has 16 heavy (non-hydrogen) atoms. The first kappa shape index (κ1) is 11.8. The van der Waals surface area contributed by atoms with Crippen LogP contribution in [-0.4, -0.2) is 19.8 Å². The fraction of sp³-hybridized carbons (Fsp3) is 0.538. The highest BCUT2D eigenvalue weighted by Gasteiger charge is 2.48. The molecular formula is C13H20O2Si-. The molecule has 0 aliphatic carbocycles. The largest absolute Gasteiger partial charge is 0.536 e. The Bertz CT molecular complexity index is 368. The highest BCUT2D eigenvalue weighted by Crippen LogP contribution is 2.41. The molecule has 0 atom stereocenters. The van der Waals surface area contributed by atoms with Gasteiger partial charge in [-0.05, 0) is 27.7 Å². The molecule has 0 unspecified atom stereocenters. The molecule has 0 radical (unpaired) electrons. The average Bonchev–Trinajstić information content (AvgIpc) is 2.33. The van der Waals surface area contributed by atoms with Crippen molar-refractivity contribution < 1.29 is 8.85 Å². The Morgan fingerprint density at radius 3 is 1.75 bits per heavy atom. The Labute approximate surface area is 98.8 Å². The van der Waals surface area contributed by atoms with Crippen LogP contribution in [0, 0.1) is 0 Å².